The van der Waals surface area contributed by atoms with E-state index in [0.717, 1.165) is 24.6 Å². The van der Waals surface area contributed by atoms with Crippen molar-refractivity contribution in [1.82, 2.24) is 10.2 Å². The molecule has 2 saturated heterocycles. The predicted molar refractivity (Wildman–Crippen MR) is 70.9 cm³/mol. The molecule has 0 aromatic heterocycles. The summed E-state index contributed by atoms with van der Waals surface area (Å²) in [5, 5.41) is 3.62. The number of nitrogens with one attached hydrogen (secondary N) is 1. The van der Waals surface area contributed by atoms with Gasteiger partial charge in [-0.1, -0.05) is 12.1 Å². The van der Waals surface area contributed by atoms with Gasteiger partial charge in [0.05, 0.1) is 0 Å². The number of hydrogen-bond acceptors (Lipinski definition) is 2. The first-order chi connectivity index (χ1) is 8.72. The molecule has 3 rings (SSSR count). The van der Waals surface area contributed by atoms with Crippen molar-refractivity contribution in [2.75, 3.05) is 19.6 Å². The smallest absolute Gasteiger partial charge is 0.126 e. The Morgan fingerprint density at radius 3 is 3.06 bits per heavy atom. The number of fused-ring (bicyclic) bond motifs is 1. The van der Waals surface area contributed by atoms with Gasteiger partial charge in [-0.3, -0.25) is 4.90 Å². The number of likely N-dealkylation sites (tertiary alicyclic amines) is 1. The third-order valence-corrected chi connectivity index (χ3v) is 4.30. The lowest BCUT2D eigenvalue weighted by molar-refractivity contribution is 0.312. The summed E-state index contributed by atoms with van der Waals surface area (Å²) in [6.45, 7) is 6.29. The molecule has 2 fully saturated rings. The molecule has 2 heterocycles. The van der Waals surface area contributed by atoms with Gasteiger partial charge >= 0.3 is 0 Å². The molecule has 0 bridgehead atoms. The Balaban J connectivity index is 1.64. The third kappa shape index (κ3) is 2.43. The van der Waals surface area contributed by atoms with Crippen molar-refractivity contribution in [2.24, 2.45) is 5.92 Å². The van der Waals surface area contributed by atoms with E-state index in [-0.39, 0.29) is 5.82 Å². The highest BCUT2D eigenvalue weighted by atomic mass is 19.1. The van der Waals surface area contributed by atoms with Crippen LogP contribution in [0.15, 0.2) is 18.2 Å². The summed E-state index contributed by atoms with van der Waals surface area (Å²) in [6.07, 6.45) is 2.67. The molecule has 2 atom stereocenters. The second-order valence-electron chi connectivity index (χ2n) is 5.74. The highest BCUT2D eigenvalue weighted by Gasteiger charge is 2.33. The third-order valence-electron chi connectivity index (χ3n) is 4.30. The van der Waals surface area contributed by atoms with Crippen LogP contribution in [0, 0.1) is 18.7 Å². The number of halogens is 1. The molecule has 1 N–H and O–H groups in total. The maximum Gasteiger partial charge on any atom is 0.126 e. The van der Waals surface area contributed by atoms with Gasteiger partial charge in [0, 0.05) is 25.7 Å². The minimum absolute atomic E-state index is 0.101. The quantitative estimate of drug-likeness (QED) is 0.864. The molecule has 0 spiro atoms. The zero-order chi connectivity index (χ0) is 12.5. The van der Waals surface area contributed by atoms with Crippen LogP contribution in [0.5, 0.6) is 0 Å². The molecule has 98 valence electrons. The van der Waals surface area contributed by atoms with Crippen molar-refractivity contribution < 1.29 is 4.39 Å². The Bertz CT molecular complexity index is 419. The minimum atomic E-state index is -0.101. The van der Waals surface area contributed by atoms with Crippen LogP contribution in [0.4, 0.5) is 4.39 Å². The van der Waals surface area contributed by atoms with Crippen LogP contribution < -0.4 is 5.32 Å². The molecule has 0 aliphatic carbocycles. The van der Waals surface area contributed by atoms with Gasteiger partial charge in [-0.15, -0.1) is 0 Å². The zero-order valence-electron chi connectivity index (χ0n) is 11.0. The molecule has 0 radical (unpaired) electrons. The fourth-order valence-electron chi connectivity index (χ4n) is 3.33. The average molecular weight is 248 g/mol. The molecule has 1 aromatic rings. The maximum absolute atomic E-state index is 13.2. The van der Waals surface area contributed by atoms with Gasteiger partial charge in [0.15, 0.2) is 0 Å². The lowest BCUT2D eigenvalue weighted by atomic mass is 9.94. The normalized spacial score (nSPS) is 28.3. The standard InChI is InChI=1S/C15H21FN2/c1-11-7-12(4-5-14(11)16)8-18-9-13-3-2-6-17-15(13)10-18/h4-5,7,13,15,17H,2-3,6,8-10H2,1H3/t13-,15+/m0/s1. The minimum Gasteiger partial charge on any atom is -0.312 e. The Kier molecular flexibility index (Phi) is 3.35. The number of piperidine rings is 1. The molecule has 0 amide bonds. The fraction of sp³-hybridized carbons (Fsp3) is 0.600. The molecular weight excluding hydrogens is 227 g/mol. The van der Waals surface area contributed by atoms with Gasteiger partial charge in [0.25, 0.3) is 0 Å². The van der Waals surface area contributed by atoms with E-state index in [4.69, 9.17) is 0 Å². The second kappa shape index (κ2) is 4.98. The maximum atomic E-state index is 13.2. The fourth-order valence-corrected chi connectivity index (χ4v) is 3.33. The highest BCUT2D eigenvalue weighted by molar-refractivity contribution is 5.24. The van der Waals surface area contributed by atoms with Crippen LogP contribution >= 0.6 is 0 Å². The topological polar surface area (TPSA) is 15.3 Å². The van der Waals surface area contributed by atoms with E-state index >= 15 is 0 Å². The Morgan fingerprint density at radius 2 is 2.28 bits per heavy atom. The van der Waals surface area contributed by atoms with Crippen LogP contribution in [-0.4, -0.2) is 30.6 Å². The van der Waals surface area contributed by atoms with E-state index < -0.39 is 0 Å². The van der Waals surface area contributed by atoms with Crippen molar-refractivity contribution in [3.05, 3.63) is 35.1 Å². The number of rotatable bonds is 2. The van der Waals surface area contributed by atoms with Gasteiger partial charge in [-0.2, -0.15) is 0 Å². The lowest BCUT2D eigenvalue weighted by Gasteiger charge is -2.24. The van der Waals surface area contributed by atoms with Gasteiger partial charge in [-0.05, 0) is 49.4 Å². The predicted octanol–water partition coefficient (Wildman–Crippen LogP) is 2.32. The van der Waals surface area contributed by atoms with Gasteiger partial charge in [0.2, 0.25) is 0 Å². The van der Waals surface area contributed by atoms with Crippen molar-refractivity contribution >= 4 is 0 Å². The molecular formula is C15H21FN2. The van der Waals surface area contributed by atoms with Gasteiger partial charge < -0.3 is 5.32 Å². The van der Waals surface area contributed by atoms with E-state index in [0.29, 0.717) is 6.04 Å². The van der Waals surface area contributed by atoms with E-state index in [1.54, 1.807) is 6.07 Å². The summed E-state index contributed by atoms with van der Waals surface area (Å²) in [4.78, 5) is 2.50. The lowest BCUT2D eigenvalue weighted by Crippen LogP contribution is -2.40. The van der Waals surface area contributed by atoms with E-state index in [9.17, 15) is 4.39 Å². The van der Waals surface area contributed by atoms with Crippen molar-refractivity contribution in [3.63, 3.8) is 0 Å². The number of hydrogen-bond donors (Lipinski definition) is 1. The highest BCUT2D eigenvalue weighted by Crippen LogP contribution is 2.26. The number of nitrogens with zero attached hydrogens (tertiary/aromatic N) is 1. The molecule has 0 unspecified atom stereocenters. The summed E-state index contributed by atoms with van der Waals surface area (Å²) in [7, 11) is 0. The summed E-state index contributed by atoms with van der Waals surface area (Å²) >= 11 is 0. The van der Waals surface area contributed by atoms with Crippen molar-refractivity contribution in [1.29, 1.82) is 0 Å². The van der Waals surface area contributed by atoms with Crippen molar-refractivity contribution in [2.45, 2.75) is 32.4 Å². The molecule has 2 nitrogen and oxygen atoms in total. The Hall–Kier alpha value is -0.930. The van der Waals surface area contributed by atoms with Crippen LogP contribution in [-0.2, 0) is 6.54 Å². The molecule has 1 aromatic carbocycles. The van der Waals surface area contributed by atoms with Crippen LogP contribution in [0.1, 0.15) is 24.0 Å². The SMILES string of the molecule is Cc1cc(CN2C[C@@H]3CCCN[C@@H]3C2)ccc1F. The first-order valence-electron chi connectivity index (χ1n) is 6.93. The van der Waals surface area contributed by atoms with Crippen LogP contribution in [0.2, 0.25) is 0 Å². The first kappa shape index (κ1) is 12.1. The largest absolute Gasteiger partial charge is 0.312 e. The van der Waals surface area contributed by atoms with Crippen molar-refractivity contribution in [3.8, 4) is 0 Å². The van der Waals surface area contributed by atoms with Gasteiger partial charge in [-0.25, -0.2) is 4.39 Å². The second-order valence-corrected chi connectivity index (χ2v) is 5.74. The first-order valence-corrected chi connectivity index (χ1v) is 6.93. The Morgan fingerprint density at radius 1 is 1.39 bits per heavy atom. The van der Waals surface area contributed by atoms with Gasteiger partial charge in [0.1, 0.15) is 5.82 Å². The molecule has 0 saturated carbocycles. The Labute approximate surface area is 108 Å². The summed E-state index contributed by atoms with van der Waals surface area (Å²) in [5.74, 6) is 0.718. The molecule has 2 aliphatic heterocycles. The van der Waals surface area contributed by atoms with Crippen LogP contribution in [0.3, 0.4) is 0 Å². The molecule has 3 heteroatoms. The summed E-state index contributed by atoms with van der Waals surface area (Å²) in [6, 6.07) is 6.16. The van der Waals surface area contributed by atoms with E-state index in [1.165, 1.54) is 31.5 Å². The molecule has 18 heavy (non-hydrogen) atoms. The number of aryl methyl sites for hydroxylation is 1. The van der Waals surface area contributed by atoms with E-state index in [2.05, 4.69) is 10.2 Å². The number of benzene rings is 1. The summed E-state index contributed by atoms with van der Waals surface area (Å²) < 4.78 is 13.2. The zero-order valence-corrected chi connectivity index (χ0v) is 11.0. The molecule has 2 aliphatic rings. The summed E-state index contributed by atoms with van der Waals surface area (Å²) in [5.41, 5.74) is 1.98. The monoisotopic (exact) mass is 248 g/mol. The average Bonchev–Trinajstić information content (AvgIpc) is 2.76. The van der Waals surface area contributed by atoms with Crippen LogP contribution in [0.25, 0.3) is 0 Å². The van der Waals surface area contributed by atoms with E-state index in [1.807, 2.05) is 19.1 Å².